The number of carbonyl (C=O) groups excluding carboxylic acids is 1. The Hall–Kier alpha value is -2.18. The summed E-state index contributed by atoms with van der Waals surface area (Å²) in [5.74, 6) is -2.03. The van der Waals surface area contributed by atoms with Crippen LogP contribution in [-0.2, 0) is 4.79 Å². The Balaban J connectivity index is 0.00000225. The maximum atomic E-state index is 13.4. The molecule has 0 bridgehead atoms. The van der Waals surface area contributed by atoms with Gasteiger partial charge in [-0.3, -0.25) is 4.79 Å². The molecule has 25 heavy (non-hydrogen) atoms. The summed E-state index contributed by atoms with van der Waals surface area (Å²) in [4.78, 5) is 14.6. The summed E-state index contributed by atoms with van der Waals surface area (Å²) in [6, 6.07) is 12.3. The number of rotatable bonds is 4. The first-order valence-corrected chi connectivity index (χ1v) is 7.81. The second kappa shape index (κ2) is 8.78. The van der Waals surface area contributed by atoms with E-state index >= 15 is 0 Å². The lowest BCUT2D eigenvalue weighted by Crippen LogP contribution is -2.48. The van der Waals surface area contributed by atoms with E-state index in [2.05, 4.69) is 5.32 Å². The lowest BCUT2D eigenvalue weighted by Gasteiger charge is -2.31. The molecule has 7 heteroatoms. The van der Waals surface area contributed by atoms with Crippen LogP contribution in [0.1, 0.15) is 11.7 Å². The molecule has 0 radical (unpaired) electrons. The Kier molecular flexibility index (Phi) is 6.73. The fourth-order valence-electron chi connectivity index (χ4n) is 2.63. The van der Waals surface area contributed by atoms with Crippen molar-refractivity contribution in [3.63, 3.8) is 0 Å². The average Bonchev–Trinajstić information content (AvgIpc) is 2.63. The minimum absolute atomic E-state index is 0. The number of hydrogen-bond acceptors (Lipinski definition) is 3. The summed E-state index contributed by atoms with van der Waals surface area (Å²) in [5.41, 5.74) is 0.672. The van der Waals surface area contributed by atoms with Gasteiger partial charge in [-0.1, -0.05) is 30.3 Å². The first kappa shape index (κ1) is 19.1. The van der Waals surface area contributed by atoms with E-state index in [9.17, 15) is 13.6 Å². The van der Waals surface area contributed by atoms with Crippen molar-refractivity contribution in [3.8, 4) is 5.75 Å². The van der Waals surface area contributed by atoms with Crippen LogP contribution >= 0.6 is 12.4 Å². The van der Waals surface area contributed by atoms with E-state index in [1.54, 1.807) is 17.0 Å². The average molecular weight is 369 g/mol. The van der Waals surface area contributed by atoms with Gasteiger partial charge in [0.25, 0.3) is 5.91 Å². The van der Waals surface area contributed by atoms with Crippen molar-refractivity contribution in [2.24, 2.45) is 0 Å². The van der Waals surface area contributed by atoms with Gasteiger partial charge in [0.1, 0.15) is 5.75 Å². The van der Waals surface area contributed by atoms with E-state index < -0.39 is 17.7 Å². The van der Waals surface area contributed by atoms with Gasteiger partial charge < -0.3 is 15.0 Å². The largest absolute Gasteiger partial charge is 0.476 e. The van der Waals surface area contributed by atoms with Crippen LogP contribution in [0.2, 0.25) is 0 Å². The van der Waals surface area contributed by atoms with Crippen LogP contribution in [0.3, 0.4) is 0 Å². The highest BCUT2D eigenvalue weighted by Gasteiger charge is 2.28. The summed E-state index contributed by atoms with van der Waals surface area (Å²) in [6.45, 7) is 2.61. The minimum atomic E-state index is -1.01. The highest BCUT2D eigenvalue weighted by atomic mass is 35.5. The smallest absolute Gasteiger partial charge is 0.268 e. The Morgan fingerprint density at radius 1 is 1.04 bits per heavy atom. The molecule has 1 heterocycles. The number of amides is 1. The lowest BCUT2D eigenvalue weighted by atomic mass is 10.1. The van der Waals surface area contributed by atoms with Gasteiger partial charge in [0, 0.05) is 37.8 Å². The molecule has 2 aromatic carbocycles. The third-order valence-electron chi connectivity index (χ3n) is 3.90. The van der Waals surface area contributed by atoms with Gasteiger partial charge in [-0.05, 0) is 12.1 Å². The first-order chi connectivity index (χ1) is 11.6. The number of piperazine rings is 1. The molecule has 1 aliphatic rings. The number of carbonyl (C=O) groups is 1. The van der Waals surface area contributed by atoms with Crippen molar-refractivity contribution in [2.75, 3.05) is 26.2 Å². The molecule has 1 N–H and O–H groups in total. The molecule has 0 aromatic heterocycles. The minimum Gasteiger partial charge on any atom is -0.476 e. The molecule has 1 atom stereocenters. The van der Waals surface area contributed by atoms with E-state index in [0.29, 0.717) is 18.7 Å². The Labute approximate surface area is 151 Å². The Bertz CT molecular complexity index is 709. The van der Waals surface area contributed by atoms with Crippen LogP contribution in [0.5, 0.6) is 5.75 Å². The van der Waals surface area contributed by atoms with E-state index in [1.807, 2.05) is 18.2 Å². The third kappa shape index (κ3) is 4.67. The van der Waals surface area contributed by atoms with E-state index in [0.717, 1.165) is 25.2 Å². The SMILES string of the molecule is Cl.O=C(C(Oc1ccc(F)c(F)c1)c1ccccc1)N1CCNCC1. The van der Waals surface area contributed by atoms with Crippen molar-refractivity contribution in [3.05, 3.63) is 65.7 Å². The molecule has 1 amide bonds. The zero-order valence-electron chi connectivity index (χ0n) is 13.5. The van der Waals surface area contributed by atoms with Gasteiger partial charge in [-0.2, -0.15) is 0 Å². The molecule has 1 saturated heterocycles. The molecule has 134 valence electrons. The Morgan fingerprint density at radius 3 is 2.36 bits per heavy atom. The van der Waals surface area contributed by atoms with Crippen molar-refractivity contribution in [1.29, 1.82) is 0 Å². The standard InChI is InChI=1S/C18H18F2N2O2.ClH/c19-15-7-6-14(12-16(15)20)24-17(13-4-2-1-3-5-13)18(23)22-10-8-21-9-11-22;/h1-7,12,17,21H,8-11H2;1H. The summed E-state index contributed by atoms with van der Waals surface area (Å²) in [5, 5.41) is 3.19. The van der Waals surface area contributed by atoms with E-state index in [1.165, 1.54) is 6.07 Å². The number of halogens is 3. The molecule has 1 aliphatic heterocycles. The zero-order chi connectivity index (χ0) is 16.9. The molecule has 3 rings (SSSR count). The van der Waals surface area contributed by atoms with Gasteiger partial charge >= 0.3 is 0 Å². The molecular weight excluding hydrogens is 350 g/mol. The van der Waals surface area contributed by atoms with Crippen molar-refractivity contribution >= 4 is 18.3 Å². The molecule has 1 fully saturated rings. The summed E-state index contributed by atoms with van der Waals surface area (Å²) in [6.07, 6.45) is -0.894. The van der Waals surface area contributed by atoms with Crippen LogP contribution in [0.4, 0.5) is 8.78 Å². The molecule has 4 nitrogen and oxygen atoms in total. The number of nitrogens with zero attached hydrogens (tertiary/aromatic N) is 1. The predicted molar refractivity (Wildman–Crippen MR) is 92.9 cm³/mol. The molecule has 1 unspecified atom stereocenters. The fraction of sp³-hybridized carbons (Fsp3) is 0.278. The number of nitrogens with one attached hydrogen (secondary N) is 1. The van der Waals surface area contributed by atoms with Crippen molar-refractivity contribution in [2.45, 2.75) is 6.10 Å². The summed E-state index contributed by atoms with van der Waals surface area (Å²) in [7, 11) is 0. The fourth-order valence-corrected chi connectivity index (χ4v) is 2.63. The molecule has 2 aromatic rings. The van der Waals surface area contributed by atoms with Gasteiger partial charge in [-0.25, -0.2) is 8.78 Å². The second-order valence-corrected chi connectivity index (χ2v) is 5.56. The lowest BCUT2D eigenvalue weighted by molar-refractivity contribution is -0.139. The van der Waals surface area contributed by atoms with E-state index in [-0.39, 0.29) is 24.1 Å². The van der Waals surface area contributed by atoms with Crippen LogP contribution in [-0.4, -0.2) is 37.0 Å². The highest BCUT2D eigenvalue weighted by Crippen LogP contribution is 2.25. The van der Waals surface area contributed by atoms with Gasteiger partial charge in [-0.15, -0.1) is 12.4 Å². The van der Waals surface area contributed by atoms with Gasteiger partial charge in [0.2, 0.25) is 6.10 Å². The third-order valence-corrected chi connectivity index (χ3v) is 3.90. The second-order valence-electron chi connectivity index (χ2n) is 5.56. The predicted octanol–water partition coefficient (Wildman–Crippen LogP) is 2.94. The van der Waals surface area contributed by atoms with Crippen LogP contribution in [0.15, 0.2) is 48.5 Å². The quantitative estimate of drug-likeness (QED) is 0.902. The topological polar surface area (TPSA) is 41.6 Å². The van der Waals surface area contributed by atoms with Gasteiger partial charge in [0.05, 0.1) is 0 Å². The normalized spacial score (nSPS) is 15.2. The van der Waals surface area contributed by atoms with Crippen molar-refractivity contribution in [1.82, 2.24) is 10.2 Å². The van der Waals surface area contributed by atoms with Crippen LogP contribution in [0, 0.1) is 11.6 Å². The zero-order valence-corrected chi connectivity index (χ0v) is 14.3. The molecule has 0 spiro atoms. The molecule has 0 saturated carbocycles. The molecular formula is C18H19ClF2N2O2. The van der Waals surface area contributed by atoms with Crippen LogP contribution in [0.25, 0.3) is 0 Å². The maximum absolute atomic E-state index is 13.4. The van der Waals surface area contributed by atoms with E-state index in [4.69, 9.17) is 4.74 Å². The van der Waals surface area contributed by atoms with Gasteiger partial charge in [0.15, 0.2) is 11.6 Å². The Morgan fingerprint density at radius 2 is 1.72 bits per heavy atom. The summed E-state index contributed by atoms with van der Waals surface area (Å²) < 4.78 is 32.3. The summed E-state index contributed by atoms with van der Waals surface area (Å²) >= 11 is 0. The van der Waals surface area contributed by atoms with Crippen molar-refractivity contribution < 1.29 is 18.3 Å². The number of ether oxygens (including phenoxy) is 1. The highest BCUT2D eigenvalue weighted by molar-refractivity contribution is 5.85. The maximum Gasteiger partial charge on any atom is 0.268 e. The number of benzene rings is 2. The molecule has 0 aliphatic carbocycles. The van der Waals surface area contributed by atoms with Crippen LogP contribution < -0.4 is 10.1 Å². The number of hydrogen-bond donors (Lipinski definition) is 1. The first-order valence-electron chi connectivity index (χ1n) is 7.81. The monoisotopic (exact) mass is 368 g/mol.